The van der Waals surface area contributed by atoms with Gasteiger partial charge in [-0.05, 0) is 18.6 Å². The summed E-state index contributed by atoms with van der Waals surface area (Å²) in [6.45, 7) is 1.94. The minimum Gasteiger partial charge on any atom is -0.365 e. The van der Waals surface area contributed by atoms with Gasteiger partial charge in [0.05, 0.1) is 0 Å². The van der Waals surface area contributed by atoms with Gasteiger partial charge in [-0.1, -0.05) is 29.8 Å². The Morgan fingerprint density at radius 1 is 1.57 bits per heavy atom. The zero-order chi connectivity index (χ0) is 10.6. The number of hydrogen-bond donors (Lipinski definition) is 1. The van der Waals surface area contributed by atoms with E-state index in [0.717, 1.165) is 11.1 Å². The Labute approximate surface area is 82.5 Å². The molecule has 0 heterocycles. The molecule has 0 aliphatic carbocycles. The van der Waals surface area contributed by atoms with Crippen LogP contribution >= 0.6 is 0 Å². The number of benzene rings is 1. The number of carbonyl (C=O) groups excluding carboxylic acids is 1. The SMILES string of the molecule is Cc1cccc(C=C(C#N)C(N)=O)c1. The summed E-state index contributed by atoms with van der Waals surface area (Å²) in [7, 11) is 0. The maximum atomic E-state index is 10.8. The molecule has 0 radical (unpaired) electrons. The lowest BCUT2D eigenvalue weighted by atomic mass is 10.1. The number of hydrogen-bond acceptors (Lipinski definition) is 2. The Hall–Kier alpha value is -2.08. The third-order valence-corrected chi connectivity index (χ3v) is 1.74. The molecule has 2 N–H and O–H groups in total. The summed E-state index contributed by atoms with van der Waals surface area (Å²) in [6.07, 6.45) is 1.48. The highest BCUT2D eigenvalue weighted by Gasteiger charge is 2.02. The highest BCUT2D eigenvalue weighted by molar-refractivity contribution is 6.00. The van der Waals surface area contributed by atoms with E-state index in [-0.39, 0.29) is 5.57 Å². The second-order valence-electron chi connectivity index (χ2n) is 2.95. The molecule has 0 aromatic heterocycles. The van der Waals surface area contributed by atoms with Crippen molar-refractivity contribution in [3.63, 3.8) is 0 Å². The lowest BCUT2D eigenvalue weighted by Crippen LogP contribution is -2.12. The molecular formula is C11H10N2O. The first-order valence-corrected chi connectivity index (χ1v) is 4.12. The molecule has 70 valence electrons. The van der Waals surface area contributed by atoms with Crippen LogP contribution in [0, 0.1) is 18.3 Å². The van der Waals surface area contributed by atoms with Gasteiger partial charge in [-0.15, -0.1) is 0 Å². The van der Waals surface area contributed by atoms with Gasteiger partial charge in [0.25, 0.3) is 5.91 Å². The van der Waals surface area contributed by atoms with Crippen molar-refractivity contribution >= 4 is 12.0 Å². The molecule has 0 saturated heterocycles. The largest absolute Gasteiger partial charge is 0.365 e. The van der Waals surface area contributed by atoms with E-state index in [9.17, 15) is 4.79 Å². The molecule has 0 aliphatic rings. The molecule has 0 spiro atoms. The molecule has 1 aromatic rings. The molecular weight excluding hydrogens is 176 g/mol. The van der Waals surface area contributed by atoms with Crippen LogP contribution in [0.5, 0.6) is 0 Å². The van der Waals surface area contributed by atoms with E-state index in [1.54, 1.807) is 6.07 Å². The first-order chi connectivity index (χ1) is 6.63. The van der Waals surface area contributed by atoms with Gasteiger partial charge in [0.15, 0.2) is 0 Å². The Balaban J connectivity index is 3.08. The van der Waals surface area contributed by atoms with Gasteiger partial charge in [-0.3, -0.25) is 4.79 Å². The van der Waals surface area contributed by atoms with Gasteiger partial charge in [0.1, 0.15) is 11.6 Å². The minimum absolute atomic E-state index is 0.0319. The van der Waals surface area contributed by atoms with Crippen molar-refractivity contribution in [3.8, 4) is 6.07 Å². The van der Waals surface area contributed by atoms with Crippen molar-refractivity contribution in [2.24, 2.45) is 5.73 Å². The molecule has 3 heteroatoms. The normalized spacial score (nSPS) is 10.7. The van der Waals surface area contributed by atoms with Crippen molar-refractivity contribution in [2.45, 2.75) is 6.92 Å². The third-order valence-electron chi connectivity index (χ3n) is 1.74. The first kappa shape index (κ1) is 10.0. The highest BCUT2D eigenvalue weighted by Crippen LogP contribution is 2.08. The van der Waals surface area contributed by atoms with Crippen LogP contribution in [-0.2, 0) is 4.79 Å². The summed E-state index contributed by atoms with van der Waals surface area (Å²) >= 11 is 0. The molecule has 0 saturated carbocycles. The van der Waals surface area contributed by atoms with E-state index in [2.05, 4.69) is 0 Å². The zero-order valence-electron chi connectivity index (χ0n) is 7.82. The average molecular weight is 186 g/mol. The van der Waals surface area contributed by atoms with Crippen LogP contribution in [-0.4, -0.2) is 5.91 Å². The minimum atomic E-state index is -0.700. The monoisotopic (exact) mass is 186 g/mol. The van der Waals surface area contributed by atoms with Crippen LogP contribution in [0.15, 0.2) is 29.8 Å². The van der Waals surface area contributed by atoms with Crippen LogP contribution in [0.1, 0.15) is 11.1 Å². The van der Waals surface area contributed by atoms with E-state index < -0.39 is 5.91 Å². The second-order valence-corrected chi connectivity index (χ2v) is 2.95. The van der Waals surface area contributed by atoms with Crippen LogP contribution in [0.2, 0.25) is 0 Å². The predicted octanol–water partition coefficient (Wildman–Crippen LogP) is 1.39. The topological polar surface area (TPSA) is 66.9 Å². The number of nitrogens with two attached hydrogens (primary N) is 1. The standard InChI is InChI=1S/C11H10N2O/c1-8-3-2-4-9(5-8)6-10(7-12)11(13)14/h2-6H,1H3,(H2,13,14). The molecule has 0 fully saturated rings. The molecule has 0 bridgehead atoms. The summed E-state index contributed by atoms with van der Waals surface area (Å²) in [5, 5.41) is 8.61. The summed E-state index contributed by atoms with van der Waals surface area (Å²) in [5.74, 6) is -0.700. The average Bonchev–Trinajstić information content (AvgIpc) is 2.14. The quantitative estimate of drug-likeness (QED) is 0.560. The number of primary amides is 1. The van der Waals surface area contributed by atoms with Crippen molar-refractivity contribution in [3.05, 3.63) is 41.0 Å². The Morgan fingerprint density at radius 2 is 2.29 bits per heavy atom. The molecule has 0 aliphatic heterocycles. The molecule has 3 nitrogen and oxygen atoms in total. The Kier molecular flexibility index (Phi) is 3.03. The van der Waals surface area contributed by atoms with Gasteiger partial charge in [-0.25, -0.2) is 0 Å². The lowest BCUT2D eigenvalue weighted by molar-refractivity contribution is -0.114. The number of rotatable bonds is 2. The number of nitrogens with zero attached hydrogens (tertiary/aromatic N) is 1. The van der Waals surface area contributed by atoms with E-state index >= 15 is 0 Å². The first-order valence-electron chi connectivity index (χ1n) is 4.12. The third kappa shape index (κ3) is 2.46. The Morgan fingerprint density at radius 3 is 2.79 bits per heavy atom. The predicted molar refractivity (Wildman–Crippen MR) is 54.0 cm³/mol. The molecule has 0 unspecified atom stereocenters. The zero-order valence-corrected chi connectivity index (χ0v) is 7.82. The molecule has 1 aromatic carbocycles. The van der Waals surface area contributed by atoms with Crippen molar-refractivity contribution < 1.29 is 4.79 Å². The summed E-state index contributed by atoms with van der Waals surface area (Å²) < 4.78 is 0. The van der Waals surface area contributed by atoms with Gasteiger partial charge >= 0.3 is 0 Å². The maximum Gasteiger partial charge on any atom is 0.259 e. The van der Waals surface area contributed by atoms with Crippen molar-refractivity contribution in [1.29, 1.82) is 5.26 Å². The van der Waals surface area contributed by atoms with Crippen LogP contribution in [0.4, 0.5) is 0 Å². The van der Waals surface area contributed by atoms with Gasteiger partial charge in [0.2, 0.25) is 0 Å². The molecule has 0 atom stereocenters. The lowest BCUT2D eigenvalue weighted by Gasteiger charge is -1.96. The fourth-order valence-corrected chi connectivity index (χ4v) is 1.09. The van der Waals surface area contributed by atoms with Gasteiger partial charge in [0, 0.05) is 0 Å². The van der Waals surface area contributed by atoms with Crippen LogP contribution in [0.3, 0.4) is 0 Å². The van der Waals surface area contributed by atoms with E-state index in [1.807, 2.05) is 31.2 Å². The van der Waals surface area contributed by atoms with E-state index in [1.165, 1.54) is 6.08 Å². The smallest absolute Gasteiger partial charge is 0.259 e. The van der Waals surface area contributed by atoms with Crippen LogP contribution in [0.25, 0.3) is 6.08 Å². The van der Waals surface area contributed by atoms with Crippen molar-refractivity contribution in [2.75, 3.05) is 0 Å². The van der Waals surface area contributed by atoms with E-state index in [4.69, 9.17) is 11.0 Å². The van der Waals surface area contributed by atoms with Crippen molar-refractivity contribution in [1.82, 2.24) is 0 Å². The number of nitriles is 1. The molecule has 1 rings (SSSR count). The summed E-state index contributed by atoms with van der Waals surface area (Å²) in [6, 6.07) is 9.24. The second kappa shape index (κ2) is 4.24. The Bertz CT molecular complexity index is 427. The van der Waals surface area contributed by atoms with Crippen LogP contribution < -0.4 is 5.73 Å². The highest BCUT2D eigenvalue weighted by atomic mass is 16.1. The molecule has 14 heavy (non-hydrogen) atoms. The van der Waals surface area contributed by atoms with Gasteiger partial charge < -0.3 is 5.73 Å². The maximum absolute atomic E-state index is 10.8. The fraction of sp³-hybridized carbons (Fsp3) is 0.0909. The number of carbonyl (C=O) groups is 1. The number of amides is 1. The van der Waals surface area contributed by atoms with E-state index in [0.29, 0.717) is 0 Å². The summed E-state index contributed by atoms with van der Waals surface area (Å²) in [5.41, 5.74) is 6.85. The fourth-order valence-electron chi connectivity index (χ4n) is 1.09. The molecule has 1 amide bonds. The van der Waals surface area contributed by atoms with Gasteiger partial charge in [-0.2, -0.15) is 5.26 Å². The summed E-state index contributed by atoms with van der Waals surface area (Å²) in [4.78, 5) is 10.8. The number of aryl methyl sites for hydroxylation is 1.